The molecule has 14 heavy (non-hydrogen) atoms. The molecule has 1 aromatic heterocycles. The second kappa shape index (κ2) is 4.74. The minimum Gasteiger partial charge on any atom is -0.363 e. The second-order valence-electron chi connectivity index (χ2n) is 3.53. The van der Waals surface area contributed by atoms with Crippen LogP contribution in [0.2, 0.25) is 0 Å². The Morgan fingerprint density at radius 3 is 2.79 bits per heavy atom. The number of piperidine rings is 1. The van der Waals surface area contributed by atoms with Crippen LogP contribution < -0.4 is 0 Å². The first-order chi connectivity index (χ1) is 6.95. The molecule has 2 rings (SSSR count). The molecule has 0 aromatic carbocycles. The number of hydrogen-bond donors (Lipinski definition) is 0. The molecular formula is C11H15N3. The van der Waals surface area contributed by atoms with Gasteiger partial charge in [0.05, 0.1) is 6.34 Å². The molecule has 0 unspecified atom stereocenters. The first-order valence-corrected chi connectivity index (χ1v) is 5.14. The van der Waals surface area contributed by atoms with Crippen LogP contribution in [-0.4, -0.2) is 29.3 Å². The van der Waals surface area contributed by atoms with Gasteiger partial charge in [-0.3, -0.25) is 0 Å². The average molecular weight is 189 g/mol. The van der Waals surface area contributed by atoms with Gasteiger partial charge in [0.1, 0.15) is 0 Å². The van der Waals surface area contributed by atoms with E-state index in [1.54, 1.807) is 6.20 Å². The summed E-state index contributed by atoms with van der Waals surface area (Å²) in [6.45, 7) is 2.27. The van der Waals surface area contributed by atoms with Crippen LogP contribution in [0.15, 0.2) is 29.4 Å². The molecule has 3 nitrogen and oxygen atoms in total. The Kier molecular flexibility index (Phi) is 3.11. The topological polar surface area (TPSA) is 28.5 Å². The minimum absolute atomic E-state index is 0.790. The molecule has 0 bridgehead atoms. The largest absolute Gasteiger partial charge is 0.363 e. The van der Waals surface area contributed by atoms with Crippen molar-refractivity contribution >= 4 is 12.2 Å². The maximum atomic E-state index is 4.32. The van der Waals surface area contributed by atoms with Gasteiger partial charge < -0.3 is 4.90 Å². The Morgan fingerprint density at radius 2 is 2.07 bits per heavy atom. The number of rotatable bonds is 2. The molecule has 74 valence electrons. The number of hydrogen-bond acceptors (Lipinski definition) is 2. The van der Waals surface area contributed by atoms with E-state index < -0.39 is 0 Å². The lowest BCUT2D eigenvalue weighted by Gasteiger charge is -2.23. The van der Waals surface area contributed by atoms with E-state index in [0.29, 0.717) is 0 Å². The normalized spacial score (nSPS) is 17.6. The van der Waals surface area contributed by atoms with Crippen molar-refractivity contribution in [2.24, 2.45) is 4.99 Å². The predicted molar refractivity (Wildman–Crippen MR) is 57.8 cm³/mol. The lowest BCUT2D eigenvalue weighted by Crippen LogP contribution is -2.28. The molecule has 1 aliphatic heterocycles. The third-order valence-electron chi connectivity index (χ3n) is 2.39. The van der Waals surface area contributed by atoms with Crippen LogP contribution >= 0.6 is 0 Å². The van der Waals surface area contributed by atoms with Gasteiger partial charge in [-0.15, -0.1) is 0 Å². The fourth-order valence-electron chi connectivity index (χ4n) is 1.60. The van der Waals surface area contributed by atoms with Gasteiger partial charge in [0.25, 0.3) is 0 Å². The van der Waals surface area contributed by atoms with E-state index in [1.807, 2.05) is 24.5 Å². The predicted octanol–water partition coefficient (Wildman–Crippen LogP) is 2.23. The van der Waals surface area contributed by atoms with Crippen molar-refractivity contribution in [3.8, 4) is 0 Å². The molecule has 2 heterocycles. The molecule has 1 aliphatic rings. The summed E-state index contributed by atoms with van der Waals surface area (Å²) in [5, 5.41) is 0. The summed E-state index contributed by atoms with van der Waals surface area (Å²) in [5.74, 6) is 0.790. The van der Waals surface area contributed by atoms with Crippen molar-refractivity contribution in [3.05, 3.63) is 24.4 Å². The van der Waals surface area contributed by atoms with Crippen LogP contribution in [0.4, 0.5) is 5.82 Å². The Morgan fingerprint density at radius 1 is 1.21 bits per heavy atom. The van der Waals surface area contributed by atoms with Gasteiger partial charge in [-0.25, -0.2) is 9.98 Å². The maximum Gasteiger partial charge on any atom is 0.153 e. The quantitative estimate of drug-likeness (QED) is 0.527. The lowest BCUT2D eigenvalue weighted by atomic mass is 10.1. The number of aliphatic imine (C=N–C) groups is 1. The third kappa shape index (κ3) is 2.55. The third-order valence-corrected chi connectivity index (χ3v) is 2.39. The van der Waals surface area contributed by atoms with Gasteiger partial charge in [-0.2, -0.15) is 0 Å². The van der Waals surface area contributed by atoms with E-state index in [0.717, 1.165) is 18.9 Å². The zero-order valence-corrected chi connectivity index (χ0v) is 8.26. The van der Waals surface area contributed by atoms with Crippen molar-refractivity contribution in [2.45, 2.75) is 19.3 Å². The van der Waals surface area contributed by atoms with Crippen molar-refractivity contribution in [3.63, 3.8) is 0 Å². The number of aromatic nitrogens is 1. The van der Waals surface area contributed by atoms with Crippen LogP contribution in [0.25, 0.3) is 0 Å². The highest BCUT2D eigenvalue weighted by atomic mass is 15.2. The lowest BCUT2D eigenvalue weighted by molar-refractivity contribution is 0.351. The van der Waals surface area contributed by atoms with Gasteiger partial charge in [-0.05, 0) is 31.4 Å². The van der Waals surface area contributed by atoms with Crippen molar-refractivity contribution in [1.82, 2.24) is 9.88 Å². The summed E-state index contributed by atoms with van der Waals surface area (Å²) in [4.78, 5) is 10.7. The Labute approximate surface area is 84.5 Å². The summed E-state index contributed by atoms with van der Waals surface area (Å²) in [6.07, 6.45) is 7.61. The highest BCUT2D eigenvalue weighted by Crippen LogP contribution is 2.08. The molecule has 1 saturated heterocycles. The summed E-state index contributed by atoms with van der Waals surface area (Å²) in [5.41, 5.74) is 0. The van der Waals surface area contributed by atoms with E-state index in [1.165, 1.54) is 19.3 Å². The smallest absolute Gasteiger partial charge is 0.153 e. The fraction of sp³-hybridized carbons (Fsp3) is 0.455. The molecule has 1 fully saturated rings. The Bertz CT molecular complexity index is 289. The summed E-state index contributed by atoms with van der Waals surface area (Å²) >= 11 is 0. The number of nitrogens with zero attached hydrogens (tertiary/aromatic N) is 3. The Hall–Kier alpha value is -1.38. The first-order valence-electron chi connectivity index (χ1n) is 5.14. The monoisotopic (exact) mass is 189 g/mol. The number of pyridine rings is 1. The van der Waals surface area contributed by atoms with Crippen LogP contribution in [0.5, 0.6) is 0 Å². The molecule has 0 aliphatic carbocycles. The second-order valence-corrected chi connectivity index (χ2v) is 3.53. The first kappa shape index (κ1) is 9.19. The Balaban J connectivity index is 1.93. The fourth-order valence-corrected chi connectivity index (χ4v) is 1.60. The summed E-state index contributed by atoms with van der Waals surface area (Å²) < 4.78 is 0. The zero-order chi connectivity index (χ0) is 9.64. The highest BCUT2D eigenvalue weighted by molar-refractivity contribution is 5.59. The van der Waals surface area contributed by atoms with Gasteiger partial charge in [-0.1, -0.05) is 6.07 Å². The molecule has 0 atom stereocenters. The molecule has 0 N–H and O–H groups in total. The average Bonchev–Trinajstić information content (AvgIpc) is 2.29. The van der Waals surface area contributed by atoms with E-state index in [2.05, 4.69) is 14.9 Å². The van der Waals surface area contributed by atoms with E-state index in [-0.39, 0.29) is 0 Å². The van der Waals surface area contributed by atoms with E-state index in [4.69, 9.17) is 0 Å². The molecule has 0 saturated carbocycles. The van der Waals surface area contributed by atoms with Crippen LogP contribution in [0.3, 0.4) is 0 Å². The summed E-state index contributed by atoms with van der Waals surface area (Å²) in [7, 11) is 0. The van der Waals surface area contributed by atoms with E-state index in [9.17, 15) is 0 Å². The molecular weight excluding hydrogens is 174 g/mol. The standard InChI is InChI=1S/C11H15N3/c1-4-8-14(9-5-1)10-13-11-6-2-3-7-12-11/h2-3,6-7,10H,1,4-5,8-9H2/b13-10+. The van der Waals surface area contributed by atoms with E-state index >= 15 is 0 Å². The van der Waals surface area contributed by atoms with Gasteiger partial charge in [0, 0.05) is 19.3 Å². The minimum atomic E-state index is 0.790. The molecule has 0 spiro atoms. The van der Waals surface area contributed by atoms with Gasteiger partial charge >= 0.3 is 0 Å². The zero-order valence-electron chi connectivity index (χ0n) is 8.26. The highest BCUT2D eigenvalue weighted by Gasteiger charge is 2.05. The number of likely N-dealkylation sites (tertiary alicyclic amines) is 1. The van der Waals surface area contributed by atoms with Gasteiger partial charge in [0.15, 0.2) is 5.82 Å². The maximum absolute atomic E-state index is 4.32. The van der Waals surface area contributed by atoms with Crippen LogP contribution in [0, 0.1) is 0 Å². The van der Waals surface area contributed by atoms with Crippen molar-refractivity contribution in [2.75, 3.05) is 13.1 Å². The molecule has 0 amide bonds. The molecule has 3 heteroatoms. The molecule has 0 radical (unpaired) electrons. The van der Waals surface area contributed by atoms with Crippen molar-refractivity contribution < 1.29 is 0 Å². The van der Waals surface area contributed by atoms with Crippen LogP contribution in [0.1, 0.15) is 19.3 Å². The summed E-state index contributed by atoms with van der Waals surface area (Å²) in [6, 6.07) is 5.77. The van der Waals surface area contributed by atoms with Crippen molar-refractivity contribution in [1.29, 1.82) is 0 Å². The SMILES string of the molecule is C(=N\c1ccccn1)/N1CCCCC1. The molecule has 1 aromatic rings. The van der Waals surface area contributed by atoms with Crippen LogP contribution in [-0.2, 0) is 0 Å². The van der Waals surface area contributed by atoms with Gasteiger partial charge in [0.2, 0.25) is 0 Å².